The molecule has 1 heterocycles. The van der Waals surface area contributed by atoms with Crippen molar-refractivity contribution in [2.75, 3.05) is 13.6 Å². The van der Waals surface area contributed by atoms with Gasteiger partial charge in [0.25, 0.3) is 5.56 Å². The largest absolute Gasteiger partial charge is 0.504 e. The highest BCUT2D eigenvalue weighted by Gasteiger charge is 2.18. The quantitative estimate of drug-likeness (QED) is 0.786. The van der Waals surface area contributed by atoms with Gasteiger partial charge in [0.1, 0.15) is 11.3 Å². The number of nitrogens with zero attached hydrogens (tertiary/aromatic N) is 3. The third kappa shape index (κ3) is 3.58. The molecule has 0 atom stereocenters. The predicted octanol–water partition coefficient (Wildman–Crippen LogP) is 3.83. The minimum absolute atomic E-state index is 0.0762. The molecule has 5 nitrogen and oxygen atoms in total. The molecule has 0 saturated carbocycles. The van der Waals surface area contributed by atoms with Crippen molar-refractivity contribution in [3.8, 4) is 5.75 Å². The first-order valence-corrected chi connectivity index (χ1v) is 8.51. The summed E-state index contributed by atoms with van der Waals surface area (Å²) in [5.41, 5.74) is 0.953. The van der Waals surface area contributed by atoms with E-state index in [0.717, 1.165) is 12.0 Å². The monoisotopic (exact) mass is 369 g/mol. The number of halogens is 2. The van der Waals surface area contributed by atoms with E-state index in [1.807, 2.05) is 18.9 Å². The standard InChI is InChI=1S/C17H21Cl2N3O2/c1-5-10(3)8-21(4)9-13-20-15-14(17(24)22(13)6-2)11(18)7-12(19)16(15)23/h7,23H,3,5-6,8-9H2,1-2,4H3. The molecule has 24 heavy (non-hydrogen) atoms. The second-order valence-corrected chi connectivity index (χ2v) is 6.58. The second-order valence-electron chi connectivity index (χ2n) is 5.77. The van der Waals surface area contributed by atoms with Gasteiger partial charge in [0, 0.05) is 13.1 Å². The van der Waals surface area contributed by atoms with Gasteiger partial charge in [-0.3, -0.25) is 14.3 Å². The smallest absolute Gasteiger partial charge is 0.263 e. The topological polar surface area (TPSA) is 58.4 Å². The van der Waals surface area contributed by atoms with Crippen molar-refractivity contribution in [1.82, 2.24) is 14.5 Å². The maximum atomic E-state index is 12.8. The van der Waals surface area contributed by atoms with Crippen molar-refractivity contribution in [2.45, 2.75) is 33.4 Å². The fraction of sp³-hybridized carbons (Fsp3) is 0.412. The molecule has 0 unspecified atom stereocenters. The van der Waals surface area contributed by atoms with E-state index in [0.29, 0.717) is 25.5 Å². The first-order chi connectivity index (χ1) is 11.3. The summed E-state index contributed by atoms with van der Waals surface area (Å²) >= 11 is 12.1. The van der Waals surface area contributed by atoms with Gasteiger partial charge in [-0.25, -0.2) is 4.98 Å². The van der Waals surface area contributed by atoms with Crippen LogP contribution in [0, 0.1) is 0 Å². The number of benzene rings is 1. The molecule has 2 aromatic rings. The highest BCUT2D eigenvalue weighted by molar-refractivity contribution is 6.39. The van der Waals surface area contributed by atoms with E-state index in [1.54, 1.807) is 4.57 Å². The van der Waals surface area contributed by atoms with E-state index in [1.165, 1.54) is 6.07 Å². The molecular weight excluding hydrogens is 349 g/mol. The van der Waals surface area contributed by atoms with Gasteiger partial charge in [-0.1, -0.05) is 42.3 Å². The van der Waals surface area contributed by atoms with Crippen LogP contribution in [0.4, 0.5) is 0 Å². The van der Waals surface area contributed by atoms with Gasteiger partial charge in [-0.05, 0) is 26.5 Å². The van der Waals surface area contributed by atoms with Gasteiger partial charge in [0.2, 0.25) is 0 Å². The molecule has 0 amide bonds. The van der Waals surface area contributed by atoms with Crippen molar-refractivity contribution in [3.05, 3.63) is 44.4 Å². The Bertz CT molecular complexity index is 846. The van der Waals surface area contributed by atoms with Crippen LogP contribution in [0.1, 0.15) is 26.1 Å². The lowest BCUT2D eigenvalue weighted by Crippen LogP contribution is -2.30. The average Bonchev–Trinajstić information content (AvgIpc) is 2.52. The van der Waals surface area contributed by atoms with Gasteiger partial charge in [-0.2, -0.15) is 0 Å². The van der Waals surface area contributed by atoms with E-state index in [2.05, 4.69) is 18.5 Å². The summed E-state index contributed by atoms with van der Waals surface area (Å²) in [4.78, 5) is 19.3. The number of hydrogen-bond donors (Lipinski definition) is 1. The Morgan fingerprint density at radius 2 is 2.04 bits per heavy atom. The summed E-state index contributed by atoms with van der Waals surface area (Å²) < 4.78 is 1.56. The van der Waals surface area contributed by atoms with Crippen molar-refractivity contribution in [2.24, 2.45) is 0 Å². The summed E-state index contributed by atoms with van der Waals surface area (Å²) in [6.07, 6.45) is 0.891. The number of hydrogen-bond acceptors (Lipinski definition) is 4. The summed E-state index contributed by atoms with van der Waals surface area (Å²) in [6, 6.07) is 1.36. The number of aromatic hydroxyl groups is 1. The summed E-state index contributed by atoms with van der Waals surface area (Å²) in [6.45, 7) is 9.52. The van der Waals surface area contributed by atoms with Gasteiger partial charge >= 0.3 is 0 Å². The number of phenolic OH excluding ortho intramolecular Hbond substituents is 1. The van der Waals surface area contributed by atoms with Crippen molar-refractivity contribution in [1.29, 1.82) is 0 Å². The number of rotatable bonds is 6. The van der Waals surface area contributed by atoms with Crippen LogP contribution in [0.2, 0.25) is 10.0 Å². The Morgan fingerprint density at radius 1 is 1.38 bits per heavy atom. The summed E-state index contributed by atoms with van der Waals surface area (Å²) in [7, 11) is 1.93. The Hall–Kier alpha value is -1.56. The van der Waals surface area contributed by atoms with Crippen LogP contribution in [0.25, 0.3) is 10.9 Å². The lowest BCUT2D eigenvalue weighted by Gasteiger charge is -2.20. The Balaban J connectivity index is 2.60. The molecule has 0 aliphatic carbocycles. The first-order valence-electron chi connectivity index (χ1n) is 7.75. The van der Waals surface area contributed by atoms with Crippen LogP contribution in [0.5, 0.6) is 5.75 Å². The molecule has 1 aromatic heterocycles. The molecule has 0 saturated heterocycles. The zero-order chi connectivity index (χ0) is 18.0. The minimum atomic E-state index is -0.280. The maximum Gasteiger partial charge on any atom is 0.263 e. The fourth-order valence-corrected chi connectivity index (χ4v) is 3.12. The molecule has 0 aliphatic rings. The molecule has 0 bridgehead atoms. The highest BCUT2D eigenvalue weighted by Crippen LogP contribution is 2.34. The second kappa shape index (κ2) is 7.55. The summed E-state index contributed by atoms with van der Waals surface area (Å²) in [5, 5.41) is 10.6. The Morgan fingerprint density at radius 3 is 2.62 bits per heavy atom. The number of likely N-dealkylation sites (N-methyl/N-ethyl adjacent to an activating group) is 1. The molecule has 2 rings (SSSR count). The zero-order valence-electron chi connectivity index (χ0n) is 14.1. The van der Waals surface area contributed by atoms with Gasteiger partial charge in [-0.15, -0.1) is 0 Å². The lowest BCUT2D eigenvalue weighted by atomic mass is 10.2. The van der Waals surface area contributed by atoms with Crippen LogP contribution in [0.3, 0.4) is 0 Å². The van der Waals surface area contributed by atoms with Crippen LogP contribution >= 0.6 is 23.2 Å². The molecule has 1 aromatic carbocycles. The molecule has 130 valence electrons. The van der Waals surface area contributed by atoms with Crippen LogP contribution in [-0.2, 0) is 13.1 Å². The average molecular weight is 370 g/mol. The third-order valence-corrected chi connectivity index (χ3v) is 4.50. The lowest BCUT2D eigenvalue weighted by molar-refractivity contribution is 0.334. The van der Waals surface area contributed by atoms with Gasteiger partial charge in [0.05, 0.1) is 22.0 Å². The van der Waals surface area contributed by atoms with E-state index in [4.69, 9.17) is 23.2 Å². The number of fused-ring (bicyclic) bond motifs is 1. The molecule has 0 spiro atoms. The molecule has 0 fully saturated rings. The van der Waals surface area contributed by atoms with Crippen LogP contribution in [-0.4, -0.2) is 33.1 Å². The molecule has 1 N–H and O–H groups in total. The predicted molar refractivity (Wildman–Crippen MR) is 99.1 cm³/mol. The van der Waals surface area contributed by atoms with E-state index >= 15 is 0 Å². The fourth-order valence-electron chi connectivity index (χ4n) is 2.59. The summed E-state index contributed by atoms with van der Waals surface area (Å²) in [5.74, 6) is 0.327. The maximum absolute atomic E-state index is 12.8. The van der Waals surface area contributed by atoms with Crippen LogP contribution in [0.15, 0.2) is 23.0 Å². The van der Waals surface area contributed by atoms with Gasteiger partial charge in [0.15, 0.2) is 5.75 Å². The first kappa shape index (κ1) is 18.8. The van der Waals surface area contributed by atoms with Crippen molar-refractivity contribution >= 4 is 34.1 Å². The Labute approximate surface area is 151 Å². The molecule has 0 aliphatic heterocycles. The molecule has 0 radical (unpaired) electrons. The zero-order valence-corrected chi connectivity index (χ0v) is 15.6. The Kier molecular flexibility index (Phi) is 5.91. The van der Waals surface area contributed by atoms with Crippen LogP contribution < -0.4 is 5.56 Å². The normalized spacial score (nSPS) is 11.4. The third-order valence-electron chi connectivity index (χ3n) is 3.91. The number of phenols is 1. The van der Waals surface area contributed by atoms with E-state index in [9.17, 15) is 9.90 Å². The van der Waals surface area contributed by atoms with E-state index < -0.39 is 0 Å². The number of aromatic nitrogens is 2. The SMILES string of the molecule is C=C(CC)CN(C)Cc1nc2c(O)c(Cl)cc(Cl)c2c(=O)n1CC. The van der Waals surface area contributed by atoms with Crippen molar-refractivity contribution in [3.63, 3.8) is 0 Å². The molecule has 7 heteroatoms. The van der Waals surface area contributed by atoms with E-state index in [-0.39, 0.29) is 32.3 Å². The minimum Gasteiger partial charge on any atom is -0.504 e. The molecular formula is C17H21Cl2N3O2. The van der Waals surface area contributed by atoms with Crippen molar-refractivity contribution < 1.29 is 5.11 Å². The highest BCUT2D eigenvalue weighted by atomic mass is 35.5. The van der Waals surface area contributed by atoms with Gasteiger partial charge < -0.3 is 5.11 Å².